The van der Waals surface area contributed by atoms with Gasteiger partial charge >= 0.3 is 6.03 Å². The molecular weight excluding hydrogens is 170 g/mol. The maximum atomic E-state index is 11.3. The molecule has 0 spiro atoms. The first-order valence-electron chi connectivity index (χ1n) is 4.08. The van der Waals surface area contributed by atoms with Gasteiger partial charge in [0.15, 0.2) is 0 Å². The standard InChI is InChI=1S/C8H13N3O2/c1-2-3-10-4-5-11(8(9)13)6-7(10)12/h2H,1,3-6H2,(H2,9,13). The molecule has 0 saturated carbocycles. The Morgan fingerprint density at radius 1 is 1.62 bits per heavy atom. The molecule has 0 unspecified atom stereocenters. The minimum Gasteiger partial charge on any atom is -0.351 e. The molecule has 1 aliphatic heterocycles. The zero-order valence-corrected chi connectivity index (χ0v) is 7.40. The van der Waals surface area contributed by atoms with Crippen LogP contribution in [-0.4, -0.2) is 47.9 Å². The van der Waals surface area contributed by atoms with Crippen molar-refractivity contribution >= 4 is 11.9 Å². The molecular formula is C8H13N3O2. The molecule has 1 fully saturated rings. The van der Waals surface area contributed by atoms with Gasteiger partial charge < -0.3 is 15.5 Å². The van der Waals surface area contributed by atoms with Gasteiger partial charge in [-0.15, -0.1) is 6.58 Å². The molecule has 0 aromatic carbocycles. The number of carbonyl (C=O) groups excluding carboxylic acids is 2. The number of piperazine rings is 1. The first-order chi connectivity index (χ1) is 6.15. The van der Waals surface area contributed by atoms with E-state index in [1.807, 2.05) is 0 Å². The Morgan fingerprint density at radius 2 is 2.31 bits per heavy atom. The summed E-state index contributed by atoms with van der Waals surface area (Å²) >= 11 is 0. The van der Waals surface area contributed by atoms with E-state index in [9.17, 15) is 9.59 Å². The molecule has 2 N–H and O–H groups in total. The lowest BCUT2D eigenvalue weighted by molar-refractivity contribution is -0.134. The van der Waals surface area contributed by atoms with E-state index in [0.717, 1.165) is 0 Å². The second-order valence-electron chi connectivity index (χ2n) is 2.89. The largest absolute Gasteiger partial charge is 0.351 e. The molecule has 1 saturated heterocycles. The quantitative estimate of drug-likeness (QED) is 0.581. The fraction of sp³-hybridized carbons (Fsp3) is 0.500. The van der Waals surface area contributed by atoms with Gasteiger partial charge in [0.25, 0.3) is 0 Å². The first-order valence-corrected chi connectivity index (χ1v) is 4.08. The van der Waals surface area contributed by atoms with E-state index in [2.05, 4.69) is 6.58 Å². The Bertz CT molecular complexity index is 240. The fourth-order valence-electron chi connectivity index (χ4n) is 1.25. The summed E-state index contributed by atoms with van der Waals surface area (Å²) in [4.78, 5) is 25.0. The third-order valence-electron chi connectivity index (χ3n) is 1.98. The van der Waals surface area contributed by atoms with Gasteiger partial charge in [-0.2, -0.15) is 0 Å². The molecule has 0 aromatic heterocycles. The summed E-state index contributed by atoms with van der Waals surface area (Å²) in [5.74, 6) is -0.0787. The minimum atomic E-state index is -0.536. The zero-order chi connectivity index (χ0) is 9.84. The van der Waals surface area contributed by atoms with E-state index in [1.165, 1.54) is 4.90 Å². The van der Waals surface area contributed by atoms with E-state index < -0.39 is 6.03 Å². The van der Waals surface area contributed by atoms with Crippen LogP contribution in [-0.2, 0) is 4.79 Å². The van der Waals surface area contributed by atoms with Crippen LogP contribution in [0.4, 0.5) is 4.79 Å². The SMILES string of the molecule is C=CCN1CCN(C(N)=O)CC1=O. The van der Waals surface area contributed by atoms with Gasteiger partial charge in [0.05, 0.1) is 0 Å². The number of hydrogen-bond acceptors (Lipinski definition) is 2. The van der Waals surface area contributed by atoms with Gasteiger partial charge in [-0.1, -0.05) is 6.08 Å². The van der Waals surface area contributed by atoms with Crippen molar-refractivity contribution in [1.82, 2.24) is 9.80 Å². The van der Waals surface area contributed by atoms with Crippen LogP contribution in [0.25, 0.3) is 0 Å². The fourth-order valence-corrected chi connectivity index (χ4v) is 1.25. The number of nitrogens with two attached hydrogens (primary N) is 1. The van der Waals surface area contributed by atoms with Crippen molar-refractivity contribution in [3.8, 4) is 0 Å². The Morgan fingerprint density at radius 3 is 2.77 bits per heavy atom. The molecule has 1 aliphatic rings. The van der Waals surface area contributed by atoms with Crippen LogP contribution in [0.2, 0.25) is 0 Å². The van der Waals surface area contributed by atoms with E-state index in [0.29, 0.717) is 19.6 Å². The van der Waals surface area contributed by atoms with Crippen LogP contribution in [0.5, 0.6) is 0 Å². The predicted molar refractivity (Wildman–Crippen MR) is 47.9 cm³/mol. The second-order valence-corrected chi connectivity index (χ2v) is 2.89. The maximum absolute atomic E-state index is 11.3. The molecule has 0 aromatic rings. The van der Waals surface area contributed by atoms with Gasteiger partial charge in [-0.25, -0.2) is 4.79 Å². The highest BCUT2D eigenvalue weighted by Crippen LogP contribution is 2.02. The number of urea groups is 1. The summed E-state index contributed by atoms with van der Waals surface area (Å²) in [6.45, 7) is 5.21. The molecule has 0 aliphatic carbocycles. The van der Waals surface area contributed by atoms with Crippen LogP contribution >= 0.6 is 0 Å². The van der Waals surface area contributed by atoms with Crippen molar-refractivity contribution in [2.24, 2.45) is 5.73 Å². The van der Waals surface area contributed by atoms with Crippen LogP contribution in [0.1, 0.15) is 0 Å². The summed E-state index contributed by atoms with van der Waals surface area (Å²) in [5, 5.41) is 0. The molecule has 13 heavy (non-hydrogen) atoms. The topological polar surface area (TPSA) is 66.6 Å². The molecule has 5 nitrogen and oxygen atoms in total. The Balaban J connectivity index is 2.51. The number of primary amides is 1. The molecule has 5 heteroatoms. The van der Waals surface area contributed by atoms with Crippen LogP contribution < -0.4 is 5.73 Å². The lowest BCUT2D eigenvalue weighted by Crippen LogP contribution is -2.53. The van der Waals surface area contributed by atoms with Crippen LogP contribution in [0.3, 0.4) is 0 Å². The van der Waals surface area contributed by atoms with Gasteiger partial charge in [0.1, 0.15) is 6.54 Å². The second kappa shape index (κ2) is 3.93. The number of rotatable bonds is 2. The molecule has 0 atom stereocenters. The Kier molecular flexibility index (Phi) is 2.89. The summed E-state index contributed by atoms with van der Waals surface area (Å²) in [6.07, 6.45) is 1.66. The highest BCUT2D eigenvalue weighted by molar-refractivity contribution is 5.84. The van der Waals surface area contributed by atoms with Crippen molar-refractivity contribution in [3.63, 3.8) is 0 Å². The monoisotopic (exact) mass is 183 g/mol. The van der Waals surface area contributed by atoms with E-state index >= 15 is 0 Å². The van der Waals surface area contributed by atoms with Crippen molar-refractivity contribution < 1.29 is 9.59 Å². The molecule has 1 rings (SSSR count). The number of amides is 3. The number of carbonyl (C=O) groups is 2. The van der Waals surface area contributed by atoms with Crippen molar-refractivity contribution in [2.45, 2.75) is 0 Å². The predicted octanol–water partition coefficient (Wildman–Crippen LogP) is -0.605. The zero-order valence-electron chi connectivity index (χ0n) is 7.40. The molecule has 72 valence electrons. The minimum absolute atomic E-state index is 0.0787. The van der Waals surface area contributed by atoms with E-state index in [1.54, 1.807) is 11.0 Å². The third kappa shape index (κ3) is 2.21. The van der Waals surface area contributed by atoms with Crippen LogP contribution in [0.15, 0.2) is 12.7 Å². The van der Waals surface area contributed by atoms with Gasteiger partial charge in [0.2, 0.25) is 5.91 Å². The Hall–Kier alpha value is -1.52. The lowest BCUT2D eigenvalue weighted by Gasteiger charge is -2.32. The third-order valence-corrected chi connectivity index (χ3v) is 1.98. The lowest BCUT2D eigenvalue weighted by atomic mass is 10.3. The van der Waals surface area contributed by atoms with Crippen molar-refractivity contribution in [1.29, 1.82) is 0 Å². The van der Waals surface area contributed by atoms with Gasteiger partial charge in [0, 0.05) is 19.6 Å². The number of hydrogen-bond donors (Lipinski definition) is 1. The summed E-state index contributed by atoms with van der Waals surface area (Å²) in [6, 6.07) is -0.536. The summed E-state index contributed by atoms with van der Waals surface area (Å²) in [7, 11) is 0. The Labute approximate surface area is 76.8 Å². The summed E-state index contributed by atoms with van der Waals surface area (Å²) < 4.78 is 0. The van der Waals surface area contributed by atoms with E-state index in [4.69, 9.17) is 5.73 Å². The van der Waals surface area contributed by atoms with E-state index in [-0.39, 0.29) is 12.5 Å². The highest BCUT2D eigenvalue weighted by atomic mass is 16.2. The van der Waals surface area contributed by atoms with Crippen LogP contribution in [0, 0.1) is 0 Å². The first kappa shape index (κ1) is 9.57. The van der Waals surface area contributed by atoms with Crippen molar-refractivity contribution in [3.05, 3.63) is 12.7 Å². The molecule has 0 bridgehead atoms. The summed E-state index contributed by atoms with van der Waals surface area (Å²) in [5.41, 5.74) is 5.04. The molecule has 1 heterocycles. The average molecular weight is 183 g/mol. The number of nitrogens with zero attached hydrogens (tertiary/aromatic N) is 2. The normalized spacial score (nSPS) is 17.4. The van der Waals surface area contributed by atoms with Gasteiger partial charge in [-0.05, 0) is 0 Å². The molecule has 0 radical (unpaired) electrons. The maximum Gasteiger partial charge on any atom is 0.315 e. The highest BCUT2D eigenvalue weighted by Gasteiger charge is 2.24. The smallest absolute Gasteiger partial charge is 0.315 e. The van der Waals surface area contributed by atoms with Gasteiger partial charge in [-0.3, -0.25) is 4.79 Å². The van der Waals surface area contributed by atoms with Crippen molar-refractivity contribution in [2.75, 3.05) is 26.2 Å². The molecule has 3 amide bonds. The average Bonchev–Trinajstić information content (AvgIpc) is 2.08.